The van der Waals surface area contributed by atoms with Crippen LogP contribution < -0.4 is 10.6 Å². The topological polar surface area (TPSA) is 39.7 Å². The van der Waals surface area contributed by atoms with Gasteiger partial charge in [0.05, 0.1) is 6.54 Å². The predicted molar refractivity (Wildman–Crippen MR) is 83.9 cm³/mol. The molecule has 1 saturated heterocycles. The Bertz CT molecular complexity index is 510. The third-order valence-electron chi connectivity index (χ3n) is 3.78. The number of piperazine rings is 1. The number of aryl methyl sites for hydroxylation is 1. The van der Waals surface area contributed by atoms with Crippen LogP contribution in [0.2, 0.25) is 0 Å². The molecule has 3 rings (SSSR count). The molecule has 0 aromatic heterocycles. The summed E-state index contributed by atoms with van der Waals surface area (Å²) in [5.74, 6) is 1.12. The van der Waals surface area contributed by atoms with Crippen molar-refractivity contribution in [3.63, 3.8) is 0 Å². The van der Waals surface area contributed by atoms with E-state index in [2.05, 4.69) is 52.8 Å². The lowest BCUT2D eigenvalue weighted by molar-refractivity contribution is 0.358. The molecular weight excluding hydrogens is 248 g/mol. The molecule has 1 aromatic carbocycles. The van der Waals surface area contributed by atoms with Gasteiger partial charge in [-0.25, -0.2) is 0 Å². The van der Waals surface area contributed by atoms with Gasteiger partial charge in [-0.2, -0.15) is 0 Å². The first-order chi connectivity index (χ1) is 9.83. The molecule has 1 aromatic rings. The molecule has 4 heteroatoms. The highest BCUT2D eigenvalue weighted by Crippen LogP contribution is 2.15. The molecule has 0 amide bonds. The Hall–Kier alpha value is -1.81. The Labute approximate surface area is 120 Å². The number of hydrogen-bond donors (Lipinski definition) is 2. The average Bonchev–Trinajstić information content (AvgIpc) is 2.75. The van der Waals surface area contributed by atoms with Gasteiger partial charge in [-0.05, 0) is 12.5 Å². The number of rotatable bonds is 1. The summed E-state index contributed by atoms with van der Waals surface area (Å²) in [7, 11) is 0. The van der Waals surface area contributed by atoms with Crippen molar-refractivity contribution in [3.05, 3.63) is 41.5 Å². The first-order valence-corrected chi connectivity index (χ1v) is 7.36. The van der Waals surface area contributed by atoms with Gasteiger partial charge in [0, 0.05) is 44.5 Å². The van der Waals surface area contributed by atoms with Crippen molar-refractivity contribution in [2.24, 2.45) is 4.99 Å². The summed E-state index contributed by atoms with van der Waals surface area (Å²) < 4.78 is 0. The van der Waals surface area contributed by atoms with Gasteiger partial charge >= 0.3 is 0 Å². The van der Waals surface area contributed by atoms with Crippen molar-refractivity contribution in [2.45, 2.75) is 6.92 Å². The van der Waals surface area contributed by atoms with E-state index in [-0.39, 0.29) is 0 Å². The lowest BCUT2D eigenvalue weighted by Gasteiger charge is -2.29. The van der Waals surface area contributed by atoms with Gasteiger partial charge < -0.3 is 15.5 Å². The molecule has 0 saturated carbocycles. The summed E-state index contributed by atoms with van der Waals surface area (Å²) in [4.78, 5) is 7.09. The van der Waals surface area contributed by atoms with E-state index >= 15 is 0 Å². The number of nitrogens with one attached hydrogen (secondary N) is 2. The van der Waals surface area contributed by atoms with Crippen LogP contribution in [0, 0.1) is 6.92 Å². The summed E-state index contributed by atoms with van der Waals surface area (Å²) >= 11 is 0. The van der Waals surface area contributed by atoms with Gasteiger partial charge in [0.15, 0.2) is 0 Å². The van der Waals surface area contributed by atoms with E-state index in [0.29, 0.717) is 0 Å². The minimum atomic E-state index is 0.838. The first kappa shape index (κ1) is 13.2. The molecule has 0 bridgehead atoms. The second-order valence-corrected chi connectivity index (χ2v) is 5.33. The average molecular weight is 270 g/mol. The van der Waals surface area contributed by atoms with Crippen molar-refractivity contribution < 1.29 is 0 Å². The Kier molecular flexibility index (Phi) is 4.02. The monoisotopic (exact) mass is 270 g/mol. The maximum absolute atomic E-state index is 4.72. The molecule has 106 valence electrons. The predicted octanol–water partition coefficient (Wildman–Crippen LogP) is 1.24. The van der Waals surface area contributed by atoms with Gasteiger partial charge in [0.2, 0.25) is 0 Å². The molecule has 0 spiro atoms. The van der Waals surface area contributed by atoms with Gasteiger partial charge in [0.25, 0.3) is 0 Å². The largest absolute Gasteiger partial charge is 0.383 e. The maximum Gasteiger partial charge on any atom is 0.125 e. The van der Waals surface area contributed by atoms with E-state index < -0.39 is 0 Å². The number of benzene rings is 1. The lowest BCUT2D eigenvalue weighted by atomic mass is 10.1. The molecule has 2 N–H and O–H groups in total. The van der Waals surface area contributed by atoms with Crippen LogP contribution in [0.25, 0.3) is 5.70 Å². The Morgan fingerprint density at radius 1 is 1.05 bits per heavy atom. The highest BCUT2D eigenvalue weighted by atomic mass is 15.2. The van der Waals surface area contributed by atoms with Gasteiger partial charge in [-0.1, -0.05) is 29.8 Å². The zero-order valence-corrected chi connectivity index (χ0v) is 12.0. The van der Waals surface area contributed by atoms with E-state index in [0.717, 1.165) is 45.1 Å². The quantitative estimate of drug-likeness (QED) is 0.806. The molecule has 4 nitrogen and oxygen atoms in total. The fourth-order valence-corrected chi connectivity index (χ4v) is 2.59. The maximum atomic E-state index is 4.72. The van der Waals surface area contributed by atoms with Gasteiger partial charge in [-0.15, -0.1) is 0 Å². The minimum Gasteiger partial charge on any atom is -0.383 e. The second-order valence-electron chi connectivity index (χ2n) is 5.33. The van der Waals surface area contributed by atoms with Crippen LogP contribution in [0.5, 0.6) is 0 Å². The summed E-state index contributed by atoms with van der Waals surface area (Å²) in [6.45, 7) is 8.01. The smallest absolute Gasteiger partial charge is 0.125 e. The lowest BCUT2D eigenvalue weighted by Crippen LogP contribution is -2.46. The molecule has 2 aliphatic heterocycles. The summed E-state index contributed by atoms with van der Waals surface area (Å²) in [5, 5.41) is 6.88. The Morgan fingerprint density at radius 2 is 1.80 bits per heavy atom. The molecule has 0 unspecified atom stereocenters. The van der Waals surface area contributed by atoms with Crippen LogP contribution in [0.4, 0.5) is 0 Å². The number of amidine groups is 1. The number of hydrogen-bond acceptors (Lipinski definition) is 4. The zero-order valence-electron chi connectivity index (χ0n) is 12.0. The highest BCUT2D eigenvalue weighted by Gasteiger charge is 2.15. The van der Waals surface area contributed by atoms with Gasteiger partial charge in [-0.3, -0.25) is 4.99 Å². The molecule has 20 heavy (non-hydrogen) atoms. The van der Waals surface area contributed by atoms with E-state index in [4.69, 9.17) is 4.99 Å². The fourth-order valence-electron chi connectivity index (χ4n) is 2.59. The molecule has 0 aliphatic carbocycles. The Morgan fingerprint density at radius 3 is 2.55 bits per heavy atom. The molecule has 0 radical (unpaired) electrons. The number of aliphatic imine (C=N–C) groups is 1. The summed E-state index contributed by atoms with van der Waals surface area (Å²) in [6, 6.07) is 8.67. The third kappa shape index (κ3) is 3.02. The van der Waals surface area contributed by atoms with Crippen LogP contribution in [0.1, 0.15) is 11.1 Å². The van der Waals surface area contributed by atoms with Crippen LogP contribution in [-0.4, -0.2) is 50.0 Å². The van der Waals surface area contributed by atoms with E-state index in [1.165, 1.54) is 16.8 Å². The van der Waals surface area contributed by atoms with Crippen molar-refractivity contribution in [1.82, 2.24) is 15.5 Å². The SMILES string of the molecule is Cc1ccc(C2=CC(N3CCNCC3)=NCCN2)cc1. The summed E-state index contributed by atoms with van der Waals surface area (Å²) in [6.07, 6.45) is 2.20. The van der Waals surface area contributed by atoms with Crippen molar-refractivity contribution in [3.8, 4) is 0 Å². The normalized spacial score (nSPS) is 19.8. The fraction of sp³-hybridized carbons (Fsp3) is 0.438. The standard InChI is InChI=1S/C16H22N4/c1-13-2-4-14(5-3-13)15-12-16(19-7-6-18-15)20-10-8-17-9-11-20/h2-5,12,17-18H,6-11H2,1H3. The van der Waals surface area contributed by atoms with Gasteiger partial charge in [0.1, 0.15) is 5.84 Å². The van der Waals surface area contributed by atoms with Crippen LogP contribution in [0.3, 0.4) is 0 Å². The van der Waals surface area contributed by atoms with Crippen LogP contribution in [-0.2, 0) is 0 Å². The number of nitrogens with zero attached hydrogens (tertiary/aromatic N) is 2. The third-order valence-corrected chi connectivity index (χ3v) is 3.78. The Balaban J connectivity index is 1.84. The van der Waals surface area contributed by atoms with Crippen LogP contribution >= 0.6 is 0 Å². The highest BCUT2D eigenvalue weighted by molar-refractivity contribution is 5.99. The molecule has 2 aliphatic rings. The van der Waals surface area contributed by atoms with E-state index in [1.807, 2.05) is 0 Å². The summed E-state index contributed by atoms with van der Waals surface area (Å²) in [5.41, 5.74) is 3.71. The van der Waals surface area contributed by atoms with Crippen LogP contribution in [0.15, 0.2) is 35.3 Å². The van der Waals surface area contributed by atoms with E-state index in [9.17, 15) is 0 Å². The van der Waals surface area contributed by atoms with E-state index in [1.54, 1.807) is 0 Å². The molecule has 1 fully saturated rings. The van der Waals surface area contributed by atoms with Crippen molar-refractivity contribution >= 4 is 11.5 Å². The minimum absolute atomic E-state index is 0.838. The zero-order chi connectivity index (χ0) is 13.8. The molecule has 2 heterocycles. The molecule has 0 atom stereocenters. The first-order valence-electron chi connectivity index (χ1n) is 7.36. The van der Waals surface area contributed by atoms with Crippen molar-refractivity contribution in [1.29, 1.82) is 0 Å². The molecular formula is C16H22N4. The second kappa shape index (κ2) is 6.09. The van der Waals surface area contributed by atoms with Crippen molar-refractivity contribution in [2.75, 3.05) is 39.3 Å².